The summed E-state index contributed by atoms with van der Waals surface area (Å²) in [4.78, 5) is 24.6. The van der Waals surface area contributed by atoms with E-state index in [9.17, 15) is 22.8 Å². The maximum absolute atomic E-state index is 12.6. The molecule has 3 aromatic rings. The fourth-order valence-corrected chi connectivity index (χ4v) is 2.36. The molecule has 2 amide bonds. The third-order valence-corrected chi connectivity index (χ3v) is 3.73. The number of anilines is 2. The van der Waals surface area contributed by atoms with Gasteiger partial charge >= 0.3 is 6.18 Å². The van der Waals surface area contributed by atoms with Crippen LogP contribution < -0.4 is 10.6 Å². The monoisotopic (exact) mass is 389 g/mol. The highest BCUT2D eigenvalue weighted by molar-refractivity contribution is 6.08. The van der Waals surface area contributed by atoms with Crippen LogP contribution in [0.25, 0.3) is 0 Å². The van der Waals surface area contributed by atoms with Gasteiger partial charge in [-0.1, -0.05) is 11.2 Å². The molecule has 0 saturated heterocycles. The average molecular weight is 389 g/mol. The van der Waals surface area contributed by atoms with Crippen molar-refractivity contribution < 1.29 is 27.3 Å². The summed E-state index contributed by atoms with van der Waals surface area (Å²) in [6.45, 7) is 1.68. The normalized spacial score (nSPS) is 11.1. The third-order valence-electron chi connectivity index (χ3n) is 3.73. The summed E-state index contributed by atoms with van der Waals surface area (Å²) in [5.74, 6) is -0.286. The maximum atomic E-state index is 12.6. The lowest BCUT2D eigenvalue weighted by Gasteiger charge is -2.09. The van der Waals surface area contributed by atoms with E-state index in [-0.39, 0.29) is 22.6 Å². The Morgan fingerprint density at radius 1 is 0.929 bits per heavy atom. The molecule has 1 heterocycles. The first-order valence-electron chi connectivity index (χ1n) is 8.06. The van der Waals surface area contributed by atoms with Gasteiger partial charge in [0.2, 0.25) is 0 Å². The molecule has 0 atom stereocenters. The quantitative estimate of drug-likeness (QED) is 0.688. The Morgan fingerprint density at radius 3 is 2.07 bits per heavy atom. The summed E-state index contributed by atoms with van der Waals surface area (Å²) in [6, 6.07) is 11.5. The van der Waals surface area contributed by atoms with Crippen LogP contribution in [0.15, 0.2) is 59.1 Å². The molecule has 0 aliphatic carbocycles. The van der Waals surface area contributed by atoms with E-state index in [1.54, 1.807) is 13.0 Å². The van der Waals surface area contributed by atoms with Crippen molar-refractivity contribution >= 4 is 23.3 Å². The number of nitrogens with one attached hydrogen (secondary N) is 2. The molecule has 0 aliphatic heterocycles. The first-order valence-corrected chi connectivity index (χ1v) is 8.06. The van der Waals surface area contributed by atoms with Crippen LogP contribution in [0.5, 0.6) is 0 Å². The molecule has 0 unspecified atom stereocenters. The lowest BCUT2D eigenvalue weighted by molar-refractivity contribution is -0.137. The Balaban J connectivity index is 1.70. The van der Waals surface area contributed by atoms with Crippen LogP contribution in [0.4, 0.5) is 24.7 Å². The van der Waals surface area contributed by atoms with E-state index in [4.69, 9.17) is 4.52 Å². The second kappa shape index (κ2) is 7.55. The van der Waals surface area contributed by atoms with E-state index in [0.29, 0.717) is 5.76 Å². The lowest BCUT2D eigenvalue weighted by Crippen LogP contribution is -2.15. The van der Waals surface area contributed by atoms with Gasteiger partial charge in [-0.3, -0.25) is 9.59 Å². The van der Waals surface area contributed by atoms with Crippen molar-refractivity contribution in [3.8, 4) is 0 Å². The highest BCUT2D eigenvalue weighted by Crippen LogP contribution is 2.29. The number of nitrogens with zero attached hydrogens (tertiary/aromatic N) is 1. The molecule has 1 aromatic heterocycles. The van der Waals surface area contributed by atoms with Gasteiger partial charge in [0.1, 0.15) is 5.76 Å². The van der Waals surface area contributed by atoms with Crippen molar-refractivity contribution in [2.75, 3.05) is 10.6 Å². The number of rotatable bonds is 4. The van der Waals surface area contributed by atoms with E-state index >= 15 is 0 Å². The van der Waals surface area contributed by atoms with E-state index in [1.165, 1.54) is 24.3 Å². The number of hydrogen-bond donors (Lipinski definition) is 2. The highest BCUT2D eigenvalue weighted by atomic mass is 19.4. The molecular formula is C19H14F3N3O3. The van der Waals surface area contributed by atoms with Crippen molar-refractivity contribution in [3.05, 3.63) is 77.0 Å². The number of carbonyl (C=O) groups is 2. The zero-order valence-electron chi connectivity index (χ0n) is 14.5. The van der Waals surface area contributed by atoms with Crippen molar-refractivity contribution in [2.45, 2.75) is 13.1 Å². The molecule has 3 rings (SSSR count). The predicted molar refractivity (Wildman–Crippen MR) is 95.0 cm³/mol. The van der Waals surface area contributed by atoms with E-state index < -0.39 is 23.6 Å². The molecule has 0 bridgehead atoms. The minimum Gasteiger partial charge on any atom is -0.360 e. The van der Waals surface area contributed by atoms with Gasteiger partial charge in [0.05, 0.1) is 5.56 Å². The molecule has 144 valence electrons. The number of aryl methyl sites for hydroxylation is 1. The Morgan fingerprint density at radius 2 is 1.54 bits per heavy atom. The molecule has 6 nitrogen and oxygen atoms in total. The number of hydrogen-bond acceptors (Lipinski definition) is 4. The standard InChI is InChI=1S/C19H14F3N3O3/c1-11-9-16(25-28-11)24-18(27)13-4-2-3-12(10-13)17(26)23-15-7-5-14(6-8-15)19(20,21)22/h2-10H,1H3,(H,23,26)(H,24,25,27). The number of carbonyl (C=O) groups excluding carboxylic acids is 2. The van der Waals surface area contributed by atoms with Crippen molar-refractivity contribution in [2.24, 2.45) is 0 Å². The maximum Gasteiger partial charge on any atom is 0.416 e. The molecular weight excluding hydrogens is 375 g/mol. The largest absolute Gasteiger partial charge is 0.416 e. The number of benzene rings is 2. The van der Waals surface area contributed by atoms with Gasteiger partial charge in [-0.05, 0) is 49.4 Å². The molecule has 0 aliphatic rings. The third kappa shape index (κ3) is 4.56. The number of alkyl halides is 3. The van der Waals surface area contributed by atoms with Crippen LogP contribution in [-0.4, -0.2) is 17.0 Å². The van der Waals surface area contributed by atoms with Crippen molar-refractivity contribution in [1.82, 2.24) is 5.16 Å². The summed E-state index contributed by atoms with van der Waals surface area (Å²) in [5.41, 5.74) is -0.234. The van der Waals surface area contributed by atoms with Crippen LogP contribution in [0.3, 0.4) is 0 Å². The molecule has 9 heteroatoms. The van der Waals surface area contributed by atoms with Gasteiger partial charge in [0, 0.05) is 22.9 Å². The molecule has 28 heavy (non-hydrogen) atoms. The zero-order chi connectivity index (χ0) is 20.3. The van der Waals surface area contributed by atoms with Crippen LogP contribution in [0, 0.1) is 6.92 Å². The number of halogens is 3. The van der Waals surface area contributed by atoms with Crippen LogP contribution in [0.2, 0.25) is 0 Å². The molecule has 2 N–H and O–H groups in total. The Hall–Kier alpha value is -3.62. The predicted octanol–water partition coefficient (Wildman–Crippen LogP) is 4.51. The van der Waals surface area contributed by atoms with Crippen LogP contribution >= 0.6 is 0 Å². The van der Waals surface area contributed by atoms with Crippen LogP contribution in [-0.2, 0) is 6.18 Å². The van der Waals surface area contributed by atoms with Crippen LogP contribution in [0.1, 0.15) is 32.0 Å². The fraction of sp³-hybridized carbons (Fsp3) is 0.105. The molecule has 0 radical (unpaired) electrons. The first kappa shape index (κ1) is 19.2. The van der Waals surface area contributed by atoms with Crippen molar-refractivity contribution in [3.63, 3.8) is 0 Å². The average Bonchev–Trinajstić information content (AvgIpc) is 3.06. The number of aromatic nitrogens is 1. The molecule has 2 aromatic carbocycles. The summed E-state index contributed by atoms with van der Waals surface area (Å²) in [7, 11) is 0. The minimum absolute atomic E-state index is 0.170. The van der Waals surface area contributed by atoms with Gasteiger partial charge in [-0.15, -0.1) is 0 Å². The lowest BCUT2D eigenvalue weighted by atomic mass is 10.1. The van der Waals surface area contributed by atoms with E-state index in [0.717, 1.165) is 24.3 Å². The molecule has 0 fully saturated rings. The summed E-state index contributed by atoms with van der Waals surface area (Å²) in [6.07, 6.45) is -4.45. The summed E-state index contributed by atoms with van der Waals surface area (Å²) in [5, 5.41) is 8.68. The Bertz CT molecular complexity index is 1010. The first-order chi connectivity index (χ1) is 13.2. The SMILES string of the molecule is Cc1cc(NC(=O)c2cccc(C(=O)Nc3ccc(C(F)(F)F)cc3)c2)no1. The zero-order valence-corrected chi connectivity index (χ0v) is 14.5. The van der Waals surface area contributed by atoms with Gasteiger partial charge < -0.3 is 15.2 Å². The van der Waals surface area contributed by atoms with E-state index in [1.807, 2.05) is 0 Å². The molecule has 0 spiro atoms. The highest BCUT2D eigenvalue weighted by Gasteiger charge is 2.30. The van der Waals surface area contributed by atoms with Gasteiger partial charge in [-0.25, -0.2) is 0 Å². The summed E-state index contributed by atoms with van der Waals surface area (Å²) >= 11 is 0. The Kier molecular flexibility index (Phi) is 5.16. The molecule has 0 saturated carbocycles. The Labute approximate surface area is 157 Å². The van der Waals surface area contributed by atoms with Crippen molar-refractivity contribution in [1.29, 1.82) is 0 Å². The van der Waals surface area contributed by atoms with E-state index in [2.05, 4.69) is 15.8 Å². The topological polar surface area (TPSA) is 84.2 Å². The second-order valence-corrected chi connectivity index (χ2v) is 5.89. The second-order valence-electron chi connectivity index (χ2n) is 5.89. The van der Waals surface area contributed by atoms with Gasteiger partial charge in [0.15, 0.2) is 5.82 Å². The summed E-state index contributed by atoms with van der Waals surface area (Å²) < 4.78 is 42.6. The number of amides is 2. The fourth-order valence-electron chi connectivity index (χ4n) is 2.36. The van der Waals surface area contributed by atoms with Gasteiger partial charge in [-0.2, -0.15) is 13.2 Å². The smallest absolute Gasteiger partial charge is 0.360 e. The minimum atomic E-state index is -4.45. The van der Waals surface area contributed by atoms with Gasteiger partial charge in [0.25, 0.3) is 11.8 Å².